The Bertz CT molecular complexity index is 891. The number of carbonyl (C=O) groups is 1. The van der Waals surface area contributed by atoms with E-state index in [1.54, 1.807) is 13.0 Å². The number of carbonyl (C=O) groups excluding carboxylic acids is 1. The van der Waals surface area contributed by atoms with Gasteiger partial charge in [-0.05, 0) is 49.7 Å². The summed E-state index contributed by atoms with van der Waals surface area (Å²) in [5, 5.41) is 3.92. The van der Waals surface area contributed by atoms with Gasteiger partial charge in [-0.1, -0.05) is 0 Å². The molecule has 0 spiro atoms. The zero-order valence-corrected chi connectivity index (χ0v) is 13.6. The second kappa shape index (κ2) is 5.96. The lowest BCUT2D eigenvalue weighted by molar-refractivity contribution is -0.118. The molecule has 2 aromatic carbocycles. The van der Waals surface area contributed by atoms with Gasteiger partial charge in [-0.15, -0.1) is 11.3 Å². The van der Waals surface area contributed by atoms with Gasteiger partial charge in [0.2, 0.25) is 5.91 Å². The summed E-state index contributed by atoms with van der Waals surface area (Å²) in [4.78, 5) is 15.6. The van der Waals surface area contributed by atoms with E-state index in [9.17, 15) is 9.18 Å². The Morgan fingerprint density at radius 1 is 1.30 bits per heavy atom. The summed E-state index contributed by atoms with van der Waals surface area (Å²) in [6.45, 7) is 3.67. The summed E-state index contributed by atoms with van der Waals surface area (Å²) >= 11 is 1.52. The van der Waals surface area contributed by atoms with Crippen LogP contribution in [0.4, 0.5) is 10.1 Å². The molecule has 3 rings (SSSR count). The van der Waals surface area contributed by atoms with E-state index in [1.165, 1.54) is 23.5 Å². The maximum atomic E-state index is 13.3. The van der Waals surface area contributed by atoms with E-state index >= 15 is 0 Å². The van der Waals surface area contributed by atoms with Crippen LogP contribution in [0.1, 0.15) is 12.5 Å². The molecule has 0 bridgehead atoms. The van der Waals surface area contributed by atoms with Crippen LogP contribution in [0.3, 0.4) is 0 Å². The Hall–Kier alpha value is -2.47. The minimum atomic E-state index is -0.440. The molecule has 6 heteroatoms. The number of aryl methyl sites for hydroxylation is 1. The molecule has 3 aromatic rings. The lowest BCUT2D eigenvalue weighted by atomic mass is 10.1. The van der Waals surface area contributed by atoms with Crippen LogP contribution in [0, 0.1) is 12.7 Å². The number of benzene rings is 2. The zero-order chi connectivity index (χ0) is 16.6. The van der Waals surface area contributed by atoms with Gasteiger partial charge in [0.05, 0.1) is 10.2 Å². The number of amides is 1. The number of nitrogens with one attached hydrogen (secondary N) is 1. The second-order valence-corrected chi connectivity index (χ2v) is 6.46. The number of thiazole rings is 1. The second-order valence-electron chi connectivity index (χ2n) is 5.43. The largest absolute Gasteiger partial charge is 0.374 e. The van der Waals surface area contributed by atoms with Crippen molar-refractivity contribution in [2.75, 3.05) is 5.32 Å². The molecule has 0 fully saturated rings. The fourth-order valence-electron chi connectivity index (χ4n) is 2.29. The molecular formula is C17H16FN3OS. The predicted molar refractivity (Wildman–Crippen MR) is 92.0 cm³/mol. The summed E-state index contributed by atoms with van der Waals surface area (Å²) < 4.78 is 14.2. The predicted octanol–water partition coefficient (Wildman–Crippen LogP) is 3.70. The molecule has 0 saturated heterocycles. The summed E-state index contributed by atoms with van der Waals surface area (Å²) in [5.74, 6) is -0.688. The van der Waals surface area contributed by atoms with Gasteiger partial charge >= 0.3 is 0 Å². The molecule has 1 atom stereocenters. The van der Waals surface area contributed by atoms with Crippen molar-refractivity contribution in [3.05, 3.63) is 47.8 Å². The Morgan fingerprint density at radius 3 is 2.78 bits per heavy atom. The van der Waals surface area contributed by atoms with E-state index in [0.717, 1.165) is 26.5 Å². The summed E-state index contributed by atoms with van der Waals surface area (Å²) in [7, 11) is 0. The number of halogens is 1. The fourth-order valence-corrected chi connectivity index (χ4v) is 3.23. The number of hydrogen-bond acceptors (Lipinski definition) is 4. The molecule has 3 N–H and O–H groups in total. The first-order chi connectivity index (χ1) is 10.9. The summed E-state index contributed by atoms with van der Waals surface area (Å²) in [5.41, 5.74) is 8.73. The van der Waals surface area contributed by atoms with Crippen molar-refractivity contribution in [1.82, 2.24) is 4.98 Å². The van der Waals surface area contributed by atoms with Crippen LogP contribution in [0.5, 0.6) is 0 Å². The summed E-state index contributed by atoms with van der Waals surface area (Å²) in [6, 6.07) is 9.99. The van der Waals surface area contributed by atoms with E-state index in [0.29, 0.717) is 5.52 Å². The number of nitrogens with two attached hydrogens (primary N) is 1. The average molecular weight is 329 g/mol. The number of nitrogens with zero attached hydrogens (tertiary/aromatic N) is 1. The van der Waals surface area contributed by atoms with E-state index in [2.05, 4.69) is 10.3 Å². The highest BCUT2D eigenvalue weighted by Gasteiger charge is 2.12. The Labute approximate surface area is 137 Å². The van der Waals surface area contributed by atoms with Crippen LogP contribution in [-0.4, -0.2) is 16.9 Å². The average Bonchev–Trinajstić information content (AvgIpc) is 2.92. The fraction of sp³-hybridized carbons (Fsp3) is 0.176. The zero-order valence-electron chi connectivity index (χ0n) is 12.8. The minimum Gasteiger partial charge on any atom is -0.374 e. The number of hydrogen-bond donors (Lipinski definition) is 2. The Morgan fingerprint density at radius 2 is 2.09 bits per heavy atom. The molecule has 23 heavy (non-hydrogen) atoms. The van der Waals surface area contributed by atoms with Gasteiger partial charge < -0.3 is 11.1 Å². The smallest absolute Gasteiger partial charge is 0.239 e. The highest BCUT2D eigenvalue weighted by molar-refractivity contribution is 7.21. The molecule has 118 valence electrons. The number of anilines is 1. The summed E-state index contributed by atoms with van der Waals surface area (Å²) in [6.07, 6.45) is 0. The topological polar surface area (TPSA) is 68.0 Å². The SMILES string of the molecule is Cc1cc(-c2nc3cc(F)ccc3s2)ccc1NC(C)C(N)=O. The standard InChI is InChI=1S/C17H16FN3OS/c1-9-7-11(3-5-13(9)20-10(2)16(19)22)17-21-14-8-12(18)4-6-15(14)23-17/h3-8,10,20H,1-2H3,(H2,19,22). The van der Waals surface area contributed by atoms with Gasteiger partial charge in [-0.25, -0.2) is 9.37 Å². The molecule has 4 nitrogen and oxygen atoms in total. The third kappa shape index (κ3) is 3.17. The van der Waals surface area contributed by atoms with Crippen LogP contribution in [0.2, 0.25) is 0 Å². The highest BCUT2D eigenvalue weighted by Crippen LogP contribution is 2.32. The van der Waals surface area contributed by atoms with Gasteiger partial charge in [0, 0.05) is 17.3 Å². The lowest BCUT2D eigenvalue weighted by Crippen LogP contribution is -2.32. The van der Waals surface area contributed by atoms with Gasteiger partial charge in [0.15, 0.2) is 0 Å². The van der Waals surface area contributed by atoms with E-state index in [1.807, 2.05) is 25.1 Å². The van der Waals surface area contributed by atoms with Crippen molar-refractivity contribution in [2.45, 2.75) is 19.9 Å². The van der Waals surface area contributed by atoms with Crippen LogP contribution in [0.25, 0.3) is 20.8 Å². The van der Waals surface area contributed by atoms with Gasteiger partial charge in [0.25, 0.3) is 0 Å². The van der Waals surface area contributed by atoms with Crippen molar-refractivity contribution in [1.29, 1.82) is 0 Å². The van der Waals surface area contributed by atoms with Crippen molar-refractivity contribution in [2.24, 2.45) is 5.73 Å². The molecule has 1 amide bonds. The first-order valence-corrected chi connectivity index (χ1v) is 7.98. The third-order valence-corrected chi connectivity index (χ3v) is 4.71. The van der Waals surface area contributed by atoms with Crippen LogP contribution in [-0.2, 0) is 4.79 Å². The molecule has 0 aliphatic carbocycles. The first kappa shape index (κ1) is 15.4. The van der Waals surface area contributed by atoms with Crippen LogP contribution < -0.4 is 11.1 Å². The van der Waals surface area contributed by atoms with Crippen LogP contribution in [0.15, 0.2) is 36.4 Å². The van der Waals surface area contributed by atoms with Crippen LogP contribution >= 0.6 is 11.3 Å². The Kier molecular flexibility index (Phi) is 4.00. The minimum absolute atomic E-state index is 0.287. The van der Waals surface area contributed by atoms with Gasteiger partial charge in [-0.3, -0.25) is 4.79 Å². The molecule has 1 aromatic heterocycles. The number of fused-ring (bicyclic) bond motifs is 1. The maximum absolute atomic E-state index is 13.3. The Balaban J connectivity index is 1.93. The van der Waals surface area contributed by atoms with Crippen molar-refractivity contribution in [3.63, 3.8) is 0 Å². The molecule has 1 heterocycles. The molecule has 0 saturated carbocycles. The lowest BCUT2D eigenvalue weighted by Gasteiger charge is -2.14. The highest BCUT2D eigenvalue weighted by atomic mass is 32.1. The third-order valence-electron chi connectivity index (χ3n) is 3.62. The van der Waals surface area contributed by atoms with Gasteiger partial charge in [0.1, 0.15) is 16.9 Å². The van der Waals surface area contributed by atoms with E-state index in [4.69, 9.17) is 5.73 Å². The molecule has 0 aliphatic heterocycles. The molecule has 0 radical (unpaired) electrons. The van der Waals surface area contributed by atoms with E-state index < -0.39 is 11.9 Å². The van der Waals surface area contributed by atoms with Gasteiger partial charge in [-0.2, -0.15) is 0 Å². The van der Waals surface area contributed by atoms with Crippen molar-refractivity contribution < 1.29 is 9.18 Å². The number of primary amides is 1. The van der Waals surface area contributed by atoms with Crippen molar-refractivity contribution in [3.8, 4) is 10.6 Å². The number of rotatable bonds is 4. The quantitative estimate of drug-likeness (QED) is 0.767. The monoisotopic (exact) mass is 329 g/mol. The molecule has 1 unspecified atom stereocenters. The molecular weight excluding hydrogens is 313 g/mol. The normalized spacial score (nSPS) is 12.3. The first-order valence-electron chi connectivity index (χ1n) is 7.17. The molecule has 0 aliphatic rings. The van der Waals surface area contributed by atoms with E-state index in [-0.39, 0.29) is 5.82 Å². The number of aromatic nitrogens is 1. The van der Waals surface area contributed by atoms with Crippen molar-refractivity contribution >= 4 is 33.1 Å². The maximum Gasteiger partial charge on any atom is 0.239 e.